The van der Waals surface area contributed by atoms with E-state index in [-0.39, 0.29) is 36.4 Å². The number of hydrogen-bond acceptors (Lipinski definition) is 3. The zero-order valence-electron chi connectivity index (χ0n) is 16.8. The number of anilines is 1. The lowest BCUT2D eigenvalue weighted by Crippen LogP contribution is -2.42. The zero-order chi connectivity index (χ0) is 18.8. The van der Waals surface area contributed by atoms with Crippen molar-refractivity contribution in [1.29, 1.82) is 0 Å². The van der Waals surface area contributed by atoms with Gasteiger partial charge < -0.3 is 20.4 Å². The van der Waals surface area contributed by atoms with E-state index < -0.39 is 0 Å². The highest BCUT2D eigenvalue weighted by Gasteiger charge is 2.17. The summed E-state index contributed by atoms with van der Waals surface area (Å²) in [6.45, 7) is 11.7. The number of nitrogens with one attached hydrogen (secondary N) is 2. The van der Waals surface area contributed by atoms with E-state index in [1.54, 1.807) is 0 Å². The molecule has 0 aromatic heterocycles. The number of guanidine groups is 1. The van der Waals surface area contributed by atoms with Crippen molar-refractivity contribution in [3.05, 3.63) is 29.8 Å². The van der Waals surface area contributed by atoms with Crippen LogP contribution in [0.15, 0.2) is 29.3 Å². The van der Waals surface area contributed by atoms with Crippen molar-refractivity contribution >= 4 is 41.5 Å². The monoisotopic (exact) mass is 487 g/mol. The van der Waals surface area contributed by atoms with Crippen LogP contribution in [0, 0.1) is 6.92 Å². The van der Waals surface area contributed by atoms with E-state index >= 15 is 0 Å². The highest BCUT2D eigenvalue weighted by atomic mass is 127. The summed E-state index contributed by atoms with van der Waals surface area (Å²) >= 11 is 0. The number of likely N-dealkylation sites (N-methyl/N-ethyl adjacent to an activating group) is 1. The van der Waals surface area contributed by atoms with Crippen LogP contribution in [0.4, 0.5) is 5.69 Å². The summed E-state index contributed by atoms with van der Waals surface area (Å²) < 4.78 is 0. The molecule has 1 fully saturated rings. The molecule has 2 N–H and O–H groups in total. The van der Waals surface area contributed by atoms with Crippen LogP contribution in [-0.2, 0) is 4.79 Å². The average Bonchev–Trinajstić information content (AvgIpc) is 3.18. The van der Waals surface area contributed by atoms with Gasteiger partial charge in [-0.2, -0.15) is 0 Å². The molecule has 27 heavy (non-hydrogen) atoms. The number of amides is 1. The van der Waals surface area contributed by atoms with E-state index in [0.717, 1.165) is 52.1 Å². The molecule has 1 amide bonds. The number of para-hydroxylation sites is 1. The number of likely N-dealkylation sites (tertiary alicyclic amines) is 1. The molecule has 6 nitrogen and oxygen atoms in total. The Hall–Kier alpha value is -1.51. The maximum Gasteiger partial charge on any atom is 0.244 e. The second-order valence-electron chi connectivity index (χ2n) is 6.58. The Morgan fingerprint density at radius 3 is 2.52 bits per heavy atom. The number of carbonyl (C=O) groups is 1. The molecule has 1 aromatic rings. The lowest BCUT2D eigenvalue weighted by Gasteiger charge is -2.25. The molecule has 0 saturated carbocycles. The molecule has 0 spiro atoms. The first-order chi connectivity index (χ1) is 12.7. The third-order valence-corrected chi connectivity index (χ3v) is 4.69. The van der Waals surface area contributed by atoms with Gasteiger partial charge in [-0.05, 0) is 45.2 Å². The summed E-state index contributed by atoms with van der Waals surface area (Å²) in [5, 5.41) is 6.57. The first-order valence-electron chi connectivity index (χ1n) is 9.76. The molecule has 1 saturated heterocycles. The smallest absolute Gasteiger partial charge is 0.244 e. The molecule has 0 radical (unpaired) electrons. The fraction of sp³-hybridized carbons (Fsp3) is 0.600. The zero-order valence-corrected chi connectivity index (χ0v) is 19.2. The van der Waals surface area contributed by atoms with Crippen LogP contribution >= 0.6 is 24.0 Å². The Morgan fingerprint density at radius 2 is 1.89 bits per heavy atom. The number of halogens is 1. The Labute approximate surface area is 180 Å². The van der Waals surface area contributed by atoms with Crippen molar-refractivity contribution < 1.29 is 4.79 Å². The predicted octanol–water partition coefficient (Wildman–Crippen LogP) is 2.62. The Morgan fingerprint density at radius 1 is 1.19 bits per heavy atom. The largest absolute Gasteiger partial charge is 0.370 e. The van der Waals surface area contributed by atoms with Gasteiger partial charge in [0.15, 0.2) is 5.96 Å². The minimum Gasteiger partial charge on any atom is -0.370 e. The molecule has 0 atom stereocenters. The van der Waals surface area contributed by atoms with E-state index in [2.05, 4.69) is 58.6 Å². The van der Waals surface area contributed by atoms with Crippen LogP contribution in [-0.4, -0.2) is 62.6 Å². The summed E-state index contributed by atoms with van der Waals surface area (Å²) in [5.74, 6) is 0.829. The van der Waals surface area contributed by atoms with Crippen LogP contribution in [0.3, 0.4) is 0 Å². The van der Waals surface area contributed by atoms with Crippen molar-refractivity contribution in [2.24, 2.45) is 4.99 Å². The fourth-order valence-electron chi connectivity index (χ4n) is 3.23. The number of hydrogen-bond donors (Lipinski definition) is 2. The van der Waals surface area contributed by atoms with Crippen LogP contribution in [0.25, 0.3) is 0 Å². The molecule has 0 bridgehead atoms. The number of aliphatic imine (C=N–C) groups is 1. The number of nitrogens with zero attached hydrogens (tertiary/aromatic N) is 3. The summed E-state index contributed by atoms with van der Waals surface area (Å²) in [4.78, 5) is 20.9. The molecule has 7 heteroatoms. The Kier molecular flexibility index (Phi) is 11.2. The maximum atomic E-state index is 12.2. The van der Waals surface area contributed by atoms with Crippen LogP contribution < -0.4 is 15.5 Å². The van der Waals surface area contributed by atoms with Gasteiger partial charge in [-0.3, -0.25) is 4.79 Å². The molecule has 1 aromatic carbocycles. The van der Waals surface area contributed by atoms with Crippen molar-refractivity contribution in [3.8, 4) is 0 Å². The van der Waals surface area contributed by atoms with Gasteiger partial charge in [0.2, 0.25) is 5.91 Å². The van der Waals surface area contributed by atoms with Crippen molar-refractivity contribution in [3.63, 3.8) is 0 Å². The van der Waals surface area contributed by atoms with E-state index in [1.165, 1.54) is 11.3 Å². The molecule has 0 unspecified atom stereocenters. The summed E-state index contributed by atoms with van der Waals surface area (Å²) in [6.07, 6.45) is 2.22. The van der Waals surface area contributed by atoms with E-state index in [0.29, 0.717) is 5.96 Å². The first-order valence-corrected chi connectivity index (χ1v) is 9.76. The lowest BCUT2D eigenvalue weighted by atomic mass is 10.2. The van der Waals surface area contributed by atoms with Gasteiger partial charge in [0.25, 0.3) is 0 Å². The predicted molar refractivity (Wildman–Crippen MR) is 124 cm³/mol. The number of rotatable bonds is 8. The molecule has 2 rings (SSSR count). The maximum absolute atomic E-state index is 12.2. The van der Waals surface area contributed by atoms with Crippen molar-refractivity contribution in [1.82, 2.24) is 15.5 Å². The topological polar surface area (TPSA) is 60.0 Å². The molecule has 1 aliphatic heterocycles. The quantitative estimate of drug-likeness (QED) is 0.336. The standard InChI is InChI=1S/C20H33N5O.HI/c1-4-21-20(23-16-19(26)25-13-8-9-14-25)22-12-15-24(5-2)18-11-7-6-10-17(18)3;/h6-7,10-11H,4-5,8-9,12-16H2,1-3H3,(H2,21,22,23);1H. The summed E-state index contributed by atoms with van der Waals surface area (Å²) in [7, 11) is 0. The normalized spacial score (nSPS) is 13.9. The average molecular weight is 487 g/mol. The lowest BCUT2D eigenvalue weighted by molar-refractivity contribution is -0.128. The van der Waals surface area contributed by atoms with Gasteiger partial charge >= 0.3 is 0 Å². The third-order valence-electron chi connectivity index (χ3n) is 4.69. The highest BCUT2D eigenvalue weighted by molar-refractivity contribution is 14.0. The minimum absolute atomic E-state index is 0. The third kappa shape index (κ3) is 7.56. The molecule has 1 heterocycles. The van der Waals surface area contributed by atoms with E-state index in [1.807, 2.05) is 11.8 Å². The van der Waals surface area contributed by atoms with Crippen molar-refractivity contribution in [2.45, 2.75) is 33.6 Å². The molecule has 1 aliphatic rings. The van der Waals surface area contributed by atoms with Gasteiger partial charge in [-0.1, -0.05) is 18.2 Å². The summed E-state index contributed by atoms with van der Waals surface area (Å²) in [5.41, 5.74) is 2.55. The SMILES string of the molecule is CCNC(=NCC(=O)N1CCCC1)NCCN(CC)c1ccccc1C.I. The number of benzene rings is 1. The second kappa shape index (κ2) is 12.8. The Bertz CT molecular complexity index is 602. The van der Waals surface area contributed by atoms with Gasteiger partial charge in [0.1, 0.15) is 6.54 Å². The van der Waals surface area contributed by atoms with E-state index in [4.69, 9.17) is 0 Å². The van der Waals surface area contributed by atoms with Gasteiger partial charge in [0.05, 0.1) is 0 Å². The number of carbonyl (C=O) groups excluding carboxylic acids is 1. The number of aryl methyl sites for hydroxylation is 1. The molecular weight excluding hydrogens is 453 g/mol. The Balaban J connectivity index is 0.00000364. The molecule has 0 aliphatic carbocycles. The molecular formula is C20H34IN5O. The van der Waals surface area contributed by atoms with Gasteiger partial charge in [-0.25, -0.2) is 4.99 Å². The van der Waals surface area contributed by atoms with E-state index in [9.17, 15) is 4.79 Å². The van der Waals surface area contributed by atoms with Crippen LogP contribution in [0.2, 0.25) is 0 Å². The minimum atomic E-state index is 0. The first kappa shape index (κ1) is 23.5. The van der Waals surface area contributed by atoms with Crippen molar-refractivity contribution in [2.75, 3.05) is 50.7 Å². The summed E-state index contributed by atoms with van der Waals surface area (Å²) in [6, 6.07) is 8.44. The van der Waals surface area contributed by atoms with Gasteiger partial charge in [-0.15, -0.1) is 24.0 Å². The highest BCUT2D eigenvalue weighted by Crippen LogP contribution is 2.18. The van der Waals surface area contributed by atoms with Crippen LogP contribution in [0.1, 0.15) is 32.3 Å². The second-order valence-corrected chi connectivity index (χ2v) is 6.58. The molecule has 152 valence electrons. The van der Waals surface area contributed by atoms with Gasteiger partial charge in [0, 0.05) is 45.0 Å². The van der Waals surface area contributed by atoms with Crippen LogP contribution in [0.5, 0.6) is 0 Å². The fourth-order valence-corrected chi connectivity index (χ4v) is 3.23.